The van der Waals surface area contributed by atoms with Gasteiger partial charge in [-0.15, -0.1) is 0 Å². The lowest BCUT2D eigenvalue weighted by molar-refractivity contribution is 0.289. The molecule has 1 saturated heterocycles. The van der Waals surface area contributed by atoms with Crippen LogP contribution in [0.1, 0.15) is 49.0 Å². The third-order valence-electron chi connectivity index (χ3n) is 7.40. The smallest absolute Gasteiger partial charge is 0.245 e. The van der Waals surface area contributed by atoms with Crippen molar-refractivity contribution in [2.24, 2.45) is 5.41 Å². The van der Waals surface area contributed by atoms with Gasteiger partial charge in [-0.3, -0.25) is 0 Å². The zero-order valence-electron chi connectivity index (χ0n) is 19.4. The first-order valence-electron chi connectivity index (χ1n) is 12.1. The van der Waals surface area contributed by atoms with Gasteiger partial charge in [0.1, 0.15) is 6.04 Å². The molecule has 1 aliphatic carbocycles. The Morgan fingerprint density at radius 1 is 0.971 bits per heavy atom. The number of nitrogen functional groups attached to an aromatic ring is 1. The Kier molecular flexibility index (Phi) is 5.38. The summed E-state index contributed by atoms with van der Waals surface area (Å²) in [5.41, 5.74) is 7.99. The first kappa shape index (κ1) is 22.2. The molecule has 2 aliphatic rings. The minimum atomic E-state index is -3.80. The van der Waals surface area contributed by atoms with E-state index in [9.17, 15) is 8.42 Å². The second kappa shape index (κ2) is 8.46. The molecule has 7 nitrogen and oxygen atoms in total. The van der Waals surface area contributed by atoms with E-state index in [-0.39, 0.29) is 10.3 Å². The minimum absolute atomic E-state index is 0.0172. The van der Waals surface area contributed by atoms with Gasteiger partial charge in [-0.1, -0.05) is 59.8 Å². The first-order valence-corrected chi connectivity index (χ1v) is 13.5. The zero-order valence-corrected chi connectivity index (χ0v) is 20.2. The highest BCUT2D eigenvalue weighted by Gasteiger charge is 2.57. The lowest BCUT2D eigenvalue weighted by Crippen LogP contribution is -2.31. The van der Waals surface area contributed by atoms with Gasteiger partial charge in [0.2, 0.25) is 15.9 Å². The third kappa shape index (κ3) is 4.10. The summed E-state index contributed by atoms with van der Waals surface area (Å²) in [7, 11) is -3.80. The predicted molar refractivity (Wildman–Crippen MR) is 134 cm³/mol. The standard InChI is InChI=1S/C27H28N4O3S/c28-22-12-5-11-21-20(22)10-6-13-24(21)35(32,33)31-18-27(15-16-27)17-23(31)26-29-25(30-34-26)14-4-9-19-7-2-1-3-8-19/h1-3,5-8,10-13,23H,4,9,14-18,28H2. The maximum atomic E-state index is 14.0. The molecule has 6 rings (SSSR count). The molecule has 1 unspecified atom stereocenters. The van der Waals surface area contributed by atoms with Crippen molar-refractivity contribution in [2.45, 2.75) is 49.5 Å². The van der Waals surface area contributed by atoms with Crippen LogP contribution in [0.2, 0.25) is 0 Å². The molecule has 1 atom stereocenters. The van der Waals surface area contributed by atoms with Crippen LogP contribution < -0.4 is 5.73 Å². The lowest BCUT2D eigenvalue weighted by atomic mass is 10.0. The largest absolute Gasteiger partial charge is 0.398 e. The van der Waals surface area contributed by atoms with Crippen LogP contribution in [0.15, 0.2) is 76.1 Å². The molecule has 3 aromatic carbocycles. The second-order valence-electron chi connectivity index (χ2n) is 9.86. The fourth-order valence-electron chi connectivity index (χ4n) is 5.28. The molecule has 0 amide bonds. The molecule has 0 radical (unpaired) electrons. The second-order valence-corrected chi connectivity index (χ2v) is 11.7. The number of hydrogen-bond donors (Lipinski definition) is 1. The van der Waals surface area contributed by atoms with Gasteiger partial charge in [-0.2, -0.15) is 9.29 Å². The van der Waals surface area contributed by atoms with E-state index in [1.807, 2.05) is 30.3 Å². The van der Waals surface area contributed by atoms with Crippen molar-refractivity contribution in [3.05, 3.63) is 84.0 Å². The van der Waals surface area contributed by atoms with E-state index in [0.717, 1.165) is 31.1 Å². The van der Waals surface area contributed by atoms with Gasteiger partial charge >= 0.3 is 0 Å². The summed E-state index contributed by atoms with van der Waals surface area (Å²) in [4.78, 5) is 4.92. The summed E-state index contributed by atoms with van der Waals surface area (Å²) >= 11 is 0. The highest BCUT2D eigenvalue weighted by atomic mass is 32.2. The number of rotatable bonds is 7. The Morgan fingerprint density at radius 2 is 1.74 bits per heavy atom. The Bertz CT molecular complexity index is 1480. The van der Waals surface area contributed by atoms with E-state index in [4.69, 9.17) is 10.3 Å². The zero-order chi connectivity index (χ0) is 24.0. The predicted octanol–water partition coefficient (Wildman–Crippen LogP) is 4.90. The molecule has 1 aromatic heterocycles. The van der Waals surface area contributed by atoms with Gasteiger partial charge in [-0.05, 0) is 55.2 Å². The number of nitrogens with two attached hydrogens (primary N) is 1. The van der Waals surface area contributed by atoms with Crippen LogP contribution in [0.5, 0.6) is 0 Å². The number of sulfonamides is 1. The van der Waals surface area contributed by atoms with Gasteiger partial charge in [-0.25, -0.2) is 8.42 Å². The summed E-state index contributed by atoms with van der Waals surface area (Å²) in [6, 6.07) is 20.5. The number of aryl methyl sites for hydroxylation is 2. The maximum Gasteiger partial charge on any atom is 0.245 e. The third-order valence-corrected chi connectivity index (χ3v) is 9.32. The number of fused-ring (bicyclic) bond motifs is 1. The number of hydrogen-bond acceptors (Lipinski definition) is 6. The molecule has 2 heterocycles. The summed E-state index contributed by atoms with van der Waals surface area (Å²) in [5.74, 6) is 1.02. The maximum absolute atomic E-state index is 14.0. The van der Waals surface area contributed by atoms with Crippen LogP contribution in [0.4, 0.5) is 5.69 Å². The topological polar surface area (TPSA) is 102 Å². The van der Waals surface area contributed by atoms with E-state index in [0.29, 0.717) is 42.2 Å². The van der Waals surface area contributed by atoms with Gasteiger partial charge in [0.25, 0.3) is 0 Å². The normalized spacial score (nSPS) is 19.5. The van der Waals surface area contributed by atoms with Crippen molar-refractivity contribution in [3.63, 3.8) is 0 Å². The average molecular weight is 489 g/mol. The fraction of sp³-hybridized carbons (Fsp3) is 0.333. The van der Waals surface area contributed by atoms with Gasteiger partial charge < -0.3 is 10.3 Å². The van der Waals surface area contributed by atoms with E-state index in [1.165, 1.54) is 5.56 Å². The fourth-order valence-corrected chi connectivity index (χ4v) is 7.18. The lowest BCUT2D eigenvalue weighted by Gasteiger charge is -2.22. The Hall–Kier alpha value is -3.23. The van der Waals surface area contributed by atoms with Gasteiger partial charge in [0, 0.05) is 29.4 Å². The van der Waals surface area contributed by atoms with Crippen LogP contribution in [-0.4, -0.2) is 29.4 Å². The molecular formula is C27H28N4O3S. The quantitative estimate of drug-likeness (QED) is 0.371. The monoisotopic (exact) mass is 488 g/mol. The highest BCUT2D eigenvalue weighted by molar-refractivity contribution is 7.89. The van der Waals surface area contributed by atoms with Crippen LogP contribution in [-0.2, 0) is 22.9 Å². The number of anilines is 1. The van der Waals surface area contributed by atoms with Gasteiger partial charge in [0.05, 0.1) is 4.90 Å². The molecule has 1 saturated carbocycles. The summed E-state index contributed by atoms with van der Waals surface area (Å²) in [6.45, 7) is 0.477. The van der Waals surface area contributed by atoms with Crippen molar-refractivity contribution in [3.8, 4) is 0 Å². The van der Waals surface area contributed by atoms with E-state index < -0.39 is 16.1 Å². The first-order chi connectivity index (χ1) is 17.0. The van der Waals surface area contributed by atoms with Crippen molar-refractivity contribution in [1.82, 2.24) is 14.4 Å². The molecule has 180 valence electrons. The van der Waals surface area contributed by atoms with E-state index in [1.54, 1.807) is 28.6 Å². The number of aromatic nitrogens is 2. The van der Waals surface area contributed by atoms with Crippen molar-refractivity contribution < 1.29 is 12.9 Å². The summed E-state index contributed by atoms with van der Waals surface area (Å²) < 4.78 is 35.2. The molecule has 2 N–H and O–H groups in total. The van der Waals surface area contributed by atoms with Crippen LogP contribution in [0.25, 0.3) is 10.8 Å². The van der Waals surface area contributed by atoms with Crippen LogP contribution >= 0.6 is 0 Å². The van der Waals surface area contributed by atoms with Crippen molar-refractivity contribution in [1.29, 1.82) is 0 Å². The molecule has 8 heteroatoms. The van der Waals surface area contributed by atoms with E-state index in [2.05, 4.69) is 22.3 Å². The Morgan fingerprint density at radius 3 is 2.54 bits per heavy atom. The molecule has 2 fully saturated rings. The van der Waals surface area contributed by atoms with Crippen molar-refractivity contribution >= 4 is 26.5 Å². The molecule has 1 spiro atoms. The molecule has 0 bridgehead atoms. The van der Waals surface area contributed by atoms with Crippen molar-refractivity contribution in [2.75, 3.05) is 12.3 Å². The molecule has 1 aliphatic heterocycles. The number of benzene rings is 3. The number of nitrogens with zero attached hydrogens (tertiary/aromatic N) is 3. The van der Waals surface area contributed by atoms with Crippen LogP contribution in [0.3, 0.4) is 0 Å². The van der Waals surface area contributed by atoms with Gasteiger partial charge in [0.15, 0.2) is 5.82 Å². The summed E-state index contributed by atoms with van der Waals surface area (Å²) in [5, 5.41) is 5.56. The molecular weight excluding hydrogens is 460 g/mol. The average Bonchev–Trinajstić information content (AvgIpc) is 3.27. The summed E-state index contributed by atoms with van der Waals surface area (Å²) in [6.07, 6.45) is 5.28. The Labute approximate surface area is 205 Å². The minimum Gasteiger partial charge on any atom is -0.398 e. The van der Waals surface area contributed by atoms with E-state index >= 15 is 0 Å². The molecule has 35 heavy (non-hydrogen) atoms. The van der Waals surface area contributed by atoms with Crippen LogP contribution in [0, 0.1) is 5.41 Å². The molecule has 4 aromatic rings. The Balaban J connectivity index is 1.27. The SMILES string of the molecule is Nc1cccc2c(S(=O)(=O)N3CC4(CC4)CC3c3nc(CCCc4ccccc4)no3)cccc12. The highest BCUT2D eigenvalue weighted by Crippen LogP contribution is 2.59.